The number of pyridine rings is 1. The summed E-state index contributed by atoms with van der Waals surface area (Å²) in [6.45, 7) is 1.87. The van der Waals surface area contributed by atoms with Crippen LogP contribution in [0.1, 0.15) is 11.1 Å². The molecule has 4 rings (SSSR count). The monoisotopic (exact) mass is 401 g/mol. The summed E-state index contributed by atoms with van der Waals surface area (Å²) in [5.74, 6) is 0. The lowest BCUT2D eigenvalue weighted by Crippen LogP contribution is -2.19. The van der Waals surface area contributed by atoms with E-state index in [4.69, 9.17) is 10.5 Å². The summed E-state index contributed by atoms with van der Waals surface area (Å²) in [6, 6.07) is 15.0. The average Bonchev–Trinajstić information content (AvgIpc) is 3.11. The normalized spacial score (nSPS) is 10.5. The number of benzene rings is 1. The summed E-state index contributed by atoms with van der Waals surface area (Å²) < 4.78 is 3.19. The lowest BCUT2D eigenvalue weighted by molar-refractivity contribution is 0.964. The largest absolute Gasteiger partial charge is 0.268 e. The molecule has 0 bridgehead atoms. The molecule has 0 unspecified atom stereocenters. The Bertz CT molecular complexity index is 1350. The molecule has 0 aliphatic rings. The third-order valence-electron chi connectivity index (χ3n) is 4.04. The zero-order valence-electron chi connectivity index (χ0n) is 14.6. The fourth-order valence-electron chi connectivity index (χ4n) is 2.70. The van der Waals surface area contributed by atoms with Crippen LogP contribution in [0.4, 0.5) is 0 Å². The molecule has 0 amide bonds. The van der Waals surface area contributed by atoms with Crippen LogP contribution < -0.4 is 5.56 Å². The van der Waals surface area contributed by atoms with E-state index in [9.17, 15) is 4.79 Å². The van der Waals surface area contributed by atoms with Crippen molar-refractivity contribution in [3.05, 3.63) is 69.6 Å². The molecule has 28 heavy (non-hydrogen) atoms. The molecule has 8 heteroatoms. The molecule has 3 aromatic heterocycles. The van der Waals surface area contributed by atoms with Crippen molar-refractivity contribution in [1.82, 2.24) is 14.4 Å². The first-order chi connectivity index (χ1) is 13.6. The van der Waals surface area contributed by atoms with Gasteiger partial charge in [-0.1, -0.05) is 18.2 Å². The van der Waals surface area contributed by atoms with Gasteiger partial charge in [0.2, 0.25) is 0 Å². The van der Waals surface area contributed by atoms with Crippen LogP contribution in [0, 0.1) is 29.6 Å². The summed E-state index contributed by atoms with van der Waals surface area (Å²) in [6.07, 6.45) is 2.92. The van der Waals surface area contributed by atoms with Crippen molar-refractivity contribution in [3.8, 4) is 12.1 Å². The van der Waals surface area contributed by atoms with E-state index in [0.29, 0.717) is 10.7 Å². The number of aryl methyl sites for hydroxylation is 1. The molecule has 3 heterocycles. The molecule has 0 aliphatic heterocycles. The minimum atomic E-state index is -0.333. The second kappa shape index (κ2) is 7.28. The van der Waals surface area contributed by atoms with E-state index in [2.05, 4.69) is 9.97 Å². The molecule has 0 N–H and O–H groups in total. The Morgan fingerprint density at radius 2 is 1.96 bits per heavy atom. The fraction of sp³-hybridized carbons (Fsp3) is 0.0500. The van der Waals surface area contributed by atoms with Crippen LogP contribution in [0.15, 0.2) is 62.3 Å². The number of hydrogen-bond acceptors (Lipinski definition) is 7. The van der Waals surface area contributed by atoms with E-state index in [1.165, 1.54) is 33.6 Å². The number of para-hydroxylation sites is 1. The maximum absolute atomic E-state index is 13.1. The van der Waals surface area contributed by atoms with Gasteiger partial charge in [-0.05, 0) is 48.5 Å². The zero-order chi connectivity index (χ0) is 19.7. The van der Waals surface area contributed by atoms with Gasteiger partial charge in [0.05, 0.1) is 15.8 Å². The molecular weight excluding hydrogens is 390 g/mol. The summed E-state index contributed by atoms with van der Waals surface area (Å²) in [4.78, 5) is 22.3. The van der Waals surface area contributed by atoms with Crippen LogP contribution in [-0.4, -0.2) is 14.4 Å². The molecule has 0 fully saturated rings. The number of aromatic nitrogens is 3. The smallest absolute Gasteiger partial charge is 0.266 e. The van der Waals surface area contributed by atoms with Gasteiger partial charge in [-0.15, -0.1) is 11.3 Å². The van der Waals surface area contributed by atoms with Crippen LogP contribution in [0.25, 0.3) is 21.9 Å². The molecule has 1 aromatic carbocycles. The molecule has 0 spiro atoms. The highest BCUT2D eigenvalue weighted by molar-refractivity contribution is 8.01. The van der Waals surface area contributed by atoms with Gasteiger partial charge < -0.3 is 0 Å². The van der Waals surface area contributed by atoms with Crippen LogP contribution in [0.3, 0.4) is 0 Å². The van der Waals surface area contributed by atoms with Crippen LogP contribution in [0.2, 0.25) is 0 Å². The molecule has 0 atom stereocenters. The Labute approximate surface area is 168 Å². The van der Waals surface area contributed by atoms with Crippen LogP contribution in [0.5, 0.6) is 0 Å². The molecule has 0 aliphatic carbocycles. The van der Waals surface area contributed by atoms with Crippen molar-refractivity contribution in [2.45, 2.75) is 16.3 Å². The third kappa shape index (κ3) is 3.16. The van der Waals surface area contributed by atoms with Crippen molar-refractivity contribution in [3.63, 3.8) is 0 Å². The van der Waals surface area contributed by atoms with Crippen molar-refractivity contribution in [2.24, 2.45) is 0 Å². The summed E-state index contributed by atoms with van der Waals surface area (Å²) >= 11 is 2.76. The number of nitrogens with zero attached hydrogens (tertiary/aromatic N) is 5. The van der Waals surface area contributed by atoms with E-state index in [1.54, 1.807) is 24.4 Å². The Morgan fingerprint density at radius 3 is 2.71 bits per heavy atom. The van der Waals surface area contributed by atoms with Gasteiger partial charge in [0.25, 0.3) is 5.56 Å². The van der Waals surface area contributed by atoms with Gasteiger partial charge in [0, 0.05) is 6.20 Å². The van der Waals surface area contributed by atoms with E-state index >= 15 is 0 Å². The van der Waals surface area contributed by atoms with Gasteiger partial charge in [-0.3, -0.25) is 9.20 Å². The first kappa shape index (κ1) is 17.9. The second-order valence-corrected chi connectivity index (χ2v) is 8.12. The molecule has 134 valence electrons. The zero-order valence-corrected chi connectivity index (χ0v) is 16.2. The Morgan fingerprint density at radius 1 is 1.18 bits per heavy atom. The summed E-state index contributed by atoms with van der Waals surface area (Å²) in [5, 5.41) is 18.7. The van der Waals surface area contributed by atoms with Crippen molar-refractivity contribution in [1.29, 1.82) is 10.5 Å². The van der Waals surface area contributed by atoms with Crippen molar-refractivity contribution < 1.29 is 0 Å². The van der Waals surface area contributed by atoms with Gasteiger partial charge in [-0.2, -0.15) is 10.5 Å². The molecule has 0 saturated heterocycles. The minimum Gasteiger partial charge on any atom is -0.268 e. The van der Waals surface area contributed by atoms with E-state index in [1.807, 2.05) is 37.3 Å². The predicted octanol–water partition coefficient (Wildman–Crippen LogP) is 4.19. The average molecular weight is 401 g/mol. The molecule has 0 radical (unpaired) electrons. The minimum absolute atomic E-state index is 0.155. The number of fused-ring (bicyclic) bond motifs is 2. The Hall–Kier alpha value is -3.46. The lowest BCUT2D eigenvalue weighted by atomic mass is 10.2. The number of allylic oxidation sites excluding steroid dienone is 1. The first-order valence-electron chi connectivity index (χ1n) is 8.18. The second-order valence-electron chi connectivity index (χ2n) is 5.85. The van der Waals surface area contributed by atoms with Crippen LogP contribution >= 0.6 is 23.1 Å². The number of nitriles is 2. The van der Waals surface area contributed by atoms with Crippen LogP contribution in [-0.2, 0) is 0 Å². The van der Waals surface area contributed by atoms with Gasteiger partial charge in [0.15, 0.2) is 4.34 Å². The highest BCUT2D eigenvalue weighted by atomic mass is 32.2. The maximum Gasteiger partial charge on any atom is 0.266 e. The quantitative estimate of drug-likeness (QED) is 0.377. The van der Waals surface area contributed by atoms with Crippen molar-refractivity contribution in [2.75, 3.05) is 0 Å². The fourth-order valence-corrected chi connectivity index (χ4v) is 4.77. The lowest BCUT2D eigenvalue weighted by Gasteiger charge is -2.08. The van der Waals surface area contributed by atoms with E-state index in [-0.39, 0.29) is 16.7 Å². The molecule has 6 nitrogen and oxygen atoms in total. The number of rotatable bonds is 3. The molecule has 0 saturated carbocycles. The highest BCUT2D eigenvalue weighted by Crippen LogP contribution is 2.35. The predicted molar refractivity (Wildman–Crippen MR) is 109 cm³/mol. The number of thiazole rings is 1. The standard InChI is InChI=1S/C20H11N5OS2/c1-12-5-4-8-25-17(12)24-18(14(19(25)26)9-13(10-21)11-22)28-20-23-15-6-2-3-7-16(15)27-20/h2-9H,1H3. The summed E-state index contributed by atoms with van der Waals surface area (Å²) in [5.41, 5.74) is 1.96. The maximum atomic E-state index is 13.1. The Balaban J connectivity index is 1.96. The van der Waals surface area contributed by atoms with Gasteiger partial charge in [-0.25, -0.2) is 9.97 Å². The number of hydrogen-bond donors (Lipinski definition) is 0. The molecule has 4 aromatic rings. The van der Waals surface area contributed by atoms with E-state index in [0.717, 1.165) is 20.1 Å². The molecular formula is C20H11N5OS2. The Kier molecular flexibility index (Phi) is 4.66. The van der Waals surface area contributed by atoms with Gasteiger partial charge >= 0.3 is 0 Å². The van der Waals surface area contributed by atoms with Gasteiger partial charge in [0.1, 0.15) is 28.4 Å². The SMILES string of the molecule is Cc1cccn2c(=O)c(C=C(C#N)C#N)c(Sc3nc4ccccc4s3)nc12. The van der Waals surface area contributed by atoms with Crippen molar-refractivity contribution >= 4 is 45.0 Å². The summed E-state index contributed by atoms with van der Waals surface area (Å²) in [7, 11) is 0. The van der Waals surface area contributed by atoms with E-state index < -0.39 is 0 Å². The highest BCUT2D eigenvalue weighted by Gasteiger charge is 2.16. The first-order valence-corrected chi connectivity index (χ1v) is 9.81. The third-order valence-corrected chi connectivity index (χ3v) is 6.14. The topological polar surface area (TPSA) is 94.8 Å².